The first-order valence-corrected chi connectivity index (χ1v) is 3.51. The largest absolute Gasteiger partial charge is 0.265 e. The van der Waals surface area contributed by atoms with Crippen LogP contribution in [0, 0.1) is 0 Å². The average Bonchev–Trinajstić information content (AvgIpc) is 1.87. The normalized spacial score (nSPS) is 12.5. The predicted octanol–water partition coefficient (Wildman–Crippen LogP) is 2.95. The molecule has 0 amide bonds. The van der Waals surface area contributed by atoms with Crippen molar-refractivity contribution in [2.24, 2.45) is 4.99 Å². The minimum absolute atomic E-state index is 0.986. The highest BCUT2D eigenvalue weighted by Gasteiger charge is 1.78. The van der Waals surface area contributed by atoms with Gasteiger partial charge in [0.1, 0.15) is 0 Å². The zero-order chi connectivity index (χ0) is 7.98. The van der Waals surface area contributed by atoms with Crippen LogP contribution in [0.1, 0.15) is 27.2 Å². The van der Waals surface area contributed by atoms with E-state index in [1.807, 2.05) is 13.1 Å². The number of hydrogen-bond acceptors (Lipinski definition) is 1. The van der Waals surface area contributed by atoms with E-state index in [-0.39, 0.29) is 0 Å². The molecule has 0 aromatic heterocycles. The summed E-state index contributed by atoms with van der Waals surface area (Å²) in [7, 11) is 0. The molecule has 0 aliphatic rings. The molecule has 0 N–H and O–H groups in total. The molecule has 0 saturated heterocycles. The predicted molar refractivity (Wildman–Crippen MR) is 47.4 cm³/mol. The van der Waals surface area contributed by atoms with Gasteiger partial charge in [0.05, 0.1) is 0 Å². The van der Waals surface area contributed by atoms with E-state index in [2.05, 4.69) is 25.4 Å². The van der Waals surface area contributed by atoms with Crippen LogP contribution in [0.3, 0.4) is 0 Å². The maximum atomic E-state index is 4.06. The van der Waals surface area contributed by atoms with E-state index >= 15 is 0 Å². The molecule has 1 heteroatoms. The Hall–Kier alpha value is -0.850. The second-order valence-electron chi connectivity index (χ2n) is 2.45. The van der Waals surface area contributed by atoms with Crippen LogP contribution in [0.4, 0.5) is 0 Å². The molecular weight excluding hydrogens is 122 g/mol. The van der Waals surface area contributed by atoms with Crippen molar-refractivity contribution in [3.63, 3.8) is 0 Å². The first-order valence-electron chi connectivity index (χ1n) is 3.51. The van der Waals surface area contributed by atoms with E-state index < -0.39 is 0 Å². The molecule has 0 fully saturated rings. The molecular formula is C9H15N. The van der Waals surface area contributed by atoms with Crippen molar-refractivity contribution in [2.45, 2.75) is 27.2 Å². The van der Waals surface area contributed by atoms with Gasteiger partial charge in [-0.05, 0) is 25.8 Å². The smallest absolute Gasteiger partial charge is 0.0291 e. The Morgan fingerprint density at radius 3 is 2.50 bits per heavy atom. The van der Waals surface area contributed by atoms with Gasteiger partial charge in [-0.1, -0.05) is 19.1 Å². The fourth-order valence-electron chi connectivity index (χ4n) is 0.383. The minimum atomic E-state index is 0.986. The van der Waals surface area contributed by atoms with E-state index in [9.17, 15) is 0 Å². The Morgan fingerprint density at radius 1 is 1.50 bits per heavy atom. The van der Waals surface area contributed by atoms with Crippen LogP contribution >= 0.6 is 0 Å². The maximum Gasteiger partial charge on any atom is 0.0291 e. The van der Waals surface area contributed by atoms with Crippen LogP contribution in [-0.4, -0.2) is 6.21 Å². The second kappa shape index (κ2) is 4.98. The molecule has 0 spiro atoms. The lowest BCUT2D eigenvalue weighted by Gasteiger charge is -1.88. The van der Waals surface area contributed by atoms with Gasteiger partial charge >= 0.3 is 0 Å². The Balaban J connectivity index is 3.82. The van der Waals surface area contributed by atoms with Crippen molar-refractivity contribution < 1.29 is 0 Å². The Labute approximate surface area is 63.2 Å². The standard InChI is InChI=1S/C9H15N/c1-5-9(4)7-10-6-8(2)3/h6-7H,2,5H2,1,3-4H3. The van der Waals surface area contributed by atoms with Crippen LogP contribution in [0.2, 0.25) is 0 Å². The fraction of sp³-hybridized carbons (Fsp3) is 0.444. The van der Waals surface area contributed by atoms with Crippen molar-refractivity contribution in [2.75, 3.05) is 0 Å². The highest BCUT2D eigenvalue weighted by Crippen LogP contribution is 1.97. The Morgan fingerprint density at radius 2 is 2.10 bits per heavy atom. The van der Waals surface area contributed by atoms with Gasteiger partial charge < -0.3 is 0 Å². The molecule has 0 aromatic carbocycles. The molecule has 0 aromatic rings. The van der Waals surface area contributed by atoms with Gasteiger partial charge in [-0.15, -0.1) is 0 Å². The number of hydrogen-bond donors (Lipinski definition) is 0. The van der Waals surface area contributed by atoms with Gasteiger partial charge in [0.25, 0.3) is 0 Å². The van der Waals surface area contributed by atoms with E-state index in [1.165, 1.54) is 5.57 Å². The quantitative estimate of drug-likeness (QED) is 0.530. The van der Waals surface area contributed by atoms with Crippen molar-refractivity contribution in [1.82, 2.24) is 0 Å². The Kier molecular flexibility index (Phi) is 4.55. The molecule has 10 heavy (non-hydrogen) atoms. The molecule has 0 aliphatic heterocycles. The third kappa shape index (κ3) is 5.29. The van der Waals surface area contributed by atoms with Gasteiger partial charge in [-0.3, -0.25) is 4.99 Å². The Bertz CT molecular complexity index is 164. The summed E-state index contributed by atoms with van der Waals surface area (Å²) in [5.41, 5.74) is 2.28. The van der Waals surface area contributed by atoms with E-state index in [1.54, 1.807) is 6.21 Å². The summed E-state index contributed by atoms with van der Waals surface area (Å²) < 4.78 is 0. The lowest BCUT2D eigenvalue weighted by atomic mass is 10.3. The van der Waals surface area contributed by atoms with Crippen LogP contribution in [0.15, 0.2) is 28.9 Å². The molecule has 56 valence electrons. The molecule has 0 radical (unpaired) electrons. The zero-order valence-corrected chi connectivity index (χ0v) is 7.02. The number of aliphatic imine (C=N–C) groups is 1. The topological polar surface area (TPSA) is 12.4 Å². The lowest BCUT2D eigenvalue weighted by molar-refractivity contribution is 1.09. The van der Waals surface area contributed by atoms with Crippen molar-refractivity contribution >= 4 is 6.21 Å². The van der Waals surface area contributed by atoms with Crippen molar-refractivity contribution in [3.8, 4) is 0 Å². The van der Waals surface area contributed by atoms with E-state index in [4.69, 9.17) is 0 Å². The first-order chi connectivity index (χ1) is 4.66. The molecule has 0 bridgehead atoms. The summed E-state index contributed by atoms with van der Waals surface area (Å²) in [6.45, 7) is 9.81. The first kappa shape index (κ1) is 9.15. The zero-order valence-electron chi connectivity index (χ0n) is 7.02. The maximum absolute atomic E-state index is 4.06. The average molecular weight is 137 g/mol. The molecule has 1 nitrogen and oxygen atoms in total. The fourth-order valence-corrected chi connectivity index (χ4v) is 0.383. The number of allylic oxidation sites excluding steroid dienone is 2. The second-order valence-corrected chi connectivity index (χ2v) is 2.45. The molecule has 0 heterocycles. The lowest BCUT2D eigenvalue weighted by Crippen LogP contribution is -1.73. The molecule has 0 saturated carbocycles. The van der Waals surface area contributed by atoms with E-state index in [0.717, 1.165) is 12.0 Å². The van der Waals surface area contributed by atoms with Crippen LogP contribution in [0.25, 0.3) is 0 Å². The van der Waals surface area contributed by atoms with Crippen molar-refractivity contribution in [3.05, 3.63) is 23.9 Å². The number of rotatable bonds is 3. The van der Waals surface area contributed by atoms with Crippen LogP contribution in [-0.2, 0) is 0 Å². The number of nitrogens with zero attached hydrogens (tertiary/aromatic N) is 1. The molecule has 0 atom stereocenters. The minimum Gasteiger partial charge on any atom is -0.265 e. The summed E-state index contributed by atoms with van der Waals surface area (Å²) in [4.78, 5) is 4.06. The molecule has 0 unspecified atom stereocenters. The summed E-state index contributed by atoms with van der Waals surface area (Å²) in [6, 6.07) is 0. The summed E-state index contributed by atoms with van der Waals surface area (Å²) in [5.74, 6) is 0. The molecule has 0 rings (SSSR count). The third-order valence-corrected chi connectivity index (χ3v) is 1.15. The van der Waals surface area contributed by atoms with Gasteiger partial charge in [-0.25, -0.2) is 0 Å². The summed E-state index contributed by atoms with van der Waals surface area (Å²) >= 11 is 0. The third-order valence-electron chi connectivity index (χ3n) is 1.15. The van der Waals surface area contributed by atoms with E-state index in [0.29, 0.717) is 0 Å². The monoisotopic (exact) mass is 137 g/mol. The molecule has 0 aliphatic carbocycles. The highest BCUT2D eigenvalue weighted by molar-refractivity contribution is 5.77. The van der Waals surface area contributed by atoms with Crippen LogP contribution < -0.4 is 0 Å². The SMILES string of the molecule is C=C(C)C=NC=C(C)CC. The summed E-state index contributed by atoms with van der Waals surface area (Å²) in [6.07, 6.45) is 4.70. The van der Waals surface area contributed by atoms with Gasteiger partial charge in [0.2, 0.25) is 0 Å². The van der Waals surface area contributed by atoms with Crippen LogP contribution in [0.5, 0.6) is 0 Å². The van der Waals surface area contributed by atoms with Gasteiger partial charge in [0.15, 0.2) is 0 Å². The summed E-state index contributed by atoms with van der Waals surface area (Å²) in [5, 5.41) is 0. The van der Waals surface area contributed by atoms with Gasteiger partial charge in [-0.2, -0.15) is 0 Å². The highest BCUT2D eigenvalue weighted by atomic mass is 14.7. The van der Waals surface area contributed by atoms with Gasteiger partial charge in [0, 0.05) is 12.4 Å². The van der Waals surface area contributed by atoms with Crippen molar-refractivity contribution in [1.29, 1.82) is 0 Å².